The average molecular weight is 327 g/mol. The maximum absolute atomic E-state index is 11.3. The van der Waals surface area contributed by atoms with Crippen molar-refractivity contribution in [2.75, 3.05) is 13.2 Å². The summed E-state index contributed by atoms with van der Waals surface area (Å²) in [5, 5.41) is 3.44. The van der Waals surface area contributed by atoms with Gasteiger partial charge in [-0.1, -0.05) is 24.3 Å². The van der Waals surface area contributed by atoms with E-state index in [0.717, 1.165) is 37.4 Å². The molecule has 1 aromatic heterocycles. The van der Waals surface area contributed by atoms with E-state index in [2.05, 4.69) is 27.0 Å². The average Bonchev–Trinajstić information content (AvgIpc) is 2.99. The van der Waals surface area contributed by atoms with E-state index in [0.29, 0.717) is 6.61 Å². The number of esters is 1. The molecule has 5 heteroatoms. The number of aryl methyl sites for hydroxylation is 2. The van der Waals surface area contributed by atoms with Gasteiger partial charge in [0.1, 0.15) is 5.82 Å². The summed E-state index contributed by atoms with van der Waals surface area (Å²) >= 11 is 0. The minimum Gasteiger partial charge on any atom is -0.463 e. The molecule has 0 unspecified atom stereocenters. The zero-order valence-corrected chi connectivity index (χ0v) is 14.4. The molecule has 24 heavy (non-hydrogen) atoms. The van der Waals surface area contributed by atoms with E-state index >= 15 is 0 Å². The highest BCUT2D eigenvalue weighted by Crippen LogP contribution is 2.06. The van der Waals surface area contributed by atoms with Gasteiger partial charge < -0.3 is 14.6 Å². The van der Waals surface area contributed by atoms with E-state index in [-0.39, 0.29) is 5.97 Å². The summed E-state index contributed by atoms with van der Waals surface area (Å²) in [6.45, 7) is 6.99. The second kappa shape index (κ2) is 9.67. The van der Waals surface area contributed by atoms with E-state index < -0.39 is 0 Å². The summed E-state index contributed by atoms with van der Waals surface area (Å²) in [6, 6.07) is 8.14. The van der Waals surface area contributed by atoms with Gasteiger partial charge in [0.05, 0.1) is 6.61 Å². The predicted molar refractivity (Wildman–Crippen MR) is 95.4 cm³/mol. The van der Waals surface area contributed by atoms with Crippen molar-refractivity contribution in [1.29, 1.82) is 0 Å². The van der Waals surface area contributed by atoms with Crippen molar-refractivity contribution in [3.8, 4) is 0 Å². The number of imidazole rings is 1. The molecular formula is C19H25N3O2. The highest BCUT2D eigenvalue weighted by molar-refractivity contribution is 5.86. The number of benzene rings is 1. The van der Waals surface area contributed by atoms with E-state index in [4.69, 9.17) is 4.74 Å². The molecule has 0 saturated carbocycles. The lowest BCUT2D eigenvalue weighted by Crippen LogP contribution is -2.16. The number of rotatable bonds is 9. The van der Waals surface area contributed by atoms with Gasteiger partial charge in [-0.25, -0.2) is 9.78 Å². The summed E-state index contributed by atoms with van der Waals surface area (Å²) in [4.78, 5) is 15.5. The van der Waals surface area contributed by atoms with Crippen LogP contribution in [0.4, 0.5) is 0 Å². The molecule has 0 saturated heterocycles. The SMILES string of the molecule is CCOC(=O)/C=C/c1ccc(CNCCCn2ccnc2C)cc1. The normalized spacial score (nSPS) is 11.1. The lowest BCUT2D eigenvalue weighted by molar-refractivity contribution is -0.137. The second-order valence-corrected chi connectivity index (χ2v) is 5.53. The lowest BCUT2D eigenvalue weighted by atomic mass is 10.1. The zero-order chi connectivity index (χ0) is 17.2. The molecule has 0 spiro atoms. The predicted octanol–water partition coefficient (Wildman–Crippen LogP) is 2.95. The molecular weight excluding hydrogens is 302 g/mol. The number of nitrogens with one attached hydrogen (secondary N) is 1. The third-order valence-electron chi connectivity index (χ3n) is 3.68. The Balaban J connectivity index is 1.68. The molecule has 2 aromatic rings. The number of aromatic nitrogens is 2. The third kappa shape index (κ3) is 6.01. The fourth-order valence-corrected chi connectivity index (χ4v) is 2.35. The lowest BCUT2D eigenvalue weighted by Gasteiger charge is -2.07. The minimum atomic E-state index is -0.309. The maximum atomic E-state index is 11.3. The smallest absolute Gasteiger partial charge is 0.330 e. The fourth-order valence-electron chi connectivity index (χ4n) is 2.35. The van der Waals surface area contributed by atoms with Crippen LogP contribution in [0.5, 0.6) is 0 Å². The number of hydrogen-bond acceptors (Lipinski definition) is 4. The number of carbonyl (C=O) groups excluding carboxylic acids is 1. The van der Waals surface area contributed by atoms with Gasteiger partial charge in [-0.15, -0.1) is 0 Å². The number of nitrogens with zero attached hydrogens (tertiary/aromatic N) is 2. The first-order valence-corrected chi connectivity index (χ1v) is 8.31. The maximum Gasteiger partial charge on any atom is 0.330 e. The van der Waals surface area contributed by atoms with Gasteiger partial charge in [0.15, 0.2) is 0 Å². The van der Waals surface area contributed by atoms with Gasteiger partial charge in [-0.3, -0.25) is 0 Å². The Labute approximate surface area is 143 Å². The van der Waals surface area contributed by atoms with Crippen molar-refractivity contribution in [1.82, 2.24) is 14.9 Å². The highest BCUT2D eigenvalue weighted by Gasteiger charge is 1.98. The largest absolute Gasteiger partial charge is 0.463 e. The zero-order valence-electron chi connectivity index (χ0n) is 14.4. The van der Waals surface area contributed by atoms with Gasteiger partial charge in [0.25, 0.3) is 0 Å². The van der Waals surface area contributed by atoms with Crippen LogP contribution in [-0.4, -0.2) is 28.7 Å². The topological polar surface area (TPSA) is 56.1 Å². The molecule has 2 rings (SSSR count). The highest BCUT2D eigenvalue weighted by atomic mass is 16.5. The van der Waals surface area contributed by atoms with Gasteiger partial charge in [-0.2, -0.15) is 0 Å². The quantitative estimate of drug-likeness (QED) is 0.437. The van der Waals surface area contributed by atoms with Gasteiger partial charge in [0.2, 0.25) is 0 Å². The Morgan fingerprint density at radius 3 is 2.79 bits per heavy atom. The Morgan fingerprint density at radius 2 is 2.12 bits per heavy atom. The van der Waals surface area contributed by atoms with Gasteiger partial charge >= 0.3 is 5.97 Å². The molecule has 0 fully saturated rings. The van der Waals surface area contributed by atoms with Crippen molar-refractivity contribution < 1.29 is 9.53 Å². The Kier molecular flexibility index (Phi) is 7.23. The fraction of sp³-hybridized carbons (Fsp3) is 0.368. The minimum absolute atomic E-state index is 0.309. The van der Waals surface area contributed by atoms with Crippen molar-refractivity contribution in [3.63, 3.8) is 0 Å². The van der Waals surface area contributed by atoms with Crippen molar-refractivity contribution in [3.05, 3.63) is 59.7 Å². The molecule has 128 valence electrons. The van der Waals surface area contributed by atoms with Crippen LogP contribution in [-0.2, 0) is 22.6 Å². The van der Waals surface area contributed by atoms with Crippen LogP contribution >= 0.6 is 0 Å². The summed E-state index contributed by atoms with van der Waals surface area (Å²) in [7, 11) is 0. The van der Waals surface area contributed by atoms with Crippen molar-refractivity contribution >= 4 is 12.0 Å². The summed E-state index contributed by atoms with van der Waals surface area (Å²) in [5.41, 5.74) is 2.21. The van der Waals surface area contributed by atoms with E-state index in [1.807, 2.05) is 31.5 Å². The van der Waals surface area contributed by atoms with Gasteiger partial charge in [0, 0.05) is 31.6 Å². The second-order valence-electron chi connectivity index (χ2n) is 5.53. The van der Waals surface area contributed by atoms with Crippen LogP contribution in [0, 0.1) is 6.92 Å². The molecule has 1 heterocycles. The summed E-state index contributed by atoms with van der Waals surface area (Å²) in [6.07, 6.45) is 8.13. The molecule has 0 amide bonds. The molecule has 0 radical (unpaired) electrons. The van der Waals surface area contributed by atoms with Crippen LogP contribution in [0.15, 0.2) is 42.7 Å². The third-order valence-corrected chi connectivity index (χ3v) is 3.68. The van der Waals surface area contributed by atoms with E-state index in [1.165, 1.54) is 11.6 Å². The first kappa shape index (κ1) is 17.9. The van der Waals surface area contributed by atoms with Crippen LogP contribution in [0.2, 0.25) is 0 Å². The monoisotopic (exact) mass is 327 g/mol. The Bertz CT molecular complexity index is 660. The first-order valence-electron chi connectivity index (χ1n) is 8.31. The van der Waals surface area contributed by atoms with Crippen LogP contribution in [0.1, 0.15) is 30.3 Å². The molecule has 0 aliphatic heterocycles. The van der Waals surface area contributed by atoms with E-state index in [9.17, 15) is 4.79 Å². The molecule has 5 nitrogen and oxygen atoms in total. The Hall–Kier alpha value is -2.40. The van der Waals surface area contributed by atoms with Gasteiger partial charge in [-0.05, 0) is 44.0 Å². The Morgan fingerprint density at radius 1 is 1.33 bits per heavy atom. The number of ether oxygens (including phenoxy) is 1. The van der Waals surface area contributed by atoms with Crippen LogP contribution < -0.4 is 5.32 Å². The van der Waals surface area contributed by atoms with Crippen LogP contribution in [0.3, 0.4) is 0 Å². The van der Waals surface area contributed by atoms with Crippen LogP contribution in [0.25, 0.3) is 6.08 Å². The molecule has 1 N–H and O–H groups in total. The standard InChI is InChI=1S/C19H25N3O2/c1-3-24-19(23)10-9-17-5-7-18(8-6-17)15-20-11-4-13-22-14-12-21-16(22)2/h5-10,12,14,20H,3-4,11,13,15H2,1-2H3/b10-9+. The molecule has 0 atom stereocenters. The van der Waals surface area contributed by atoms with Crippen molar-refractivity contribution in [2.24, 2.45) is 0 Å². The molecule has 0 aliphatic carbocycles. The molecule has 0 bridgehead atoms. The van der Waals surface area contributed by atoms with Crippen molar-refractivity contribution in [2.45, 2.75) is 33.4 Å². The number of hydrogen-bond donors (Lipinski definition) is 1. The molecule has 0 aliphatic rings. The first-order chi connectivity index (χ1) is 11.7. The van der Waals surface area contributed by atoms with E-state index in [1.54, 1.807) is 13.0 Å². The molecule has 1 aromatic carbocycles. The summed E-state index contributed by atoms with van der Waals surface area (Å²) < 4.78 is 7.02. The summed E-state index contributed by atoms with van der Waals surface area (Å²) in [5.74, 6) is 0.748. The number of carbonyl (C=O) groups is 1.